The zero-order valence-corrected chi connectivity index (χ0v) is 9.82. The van der Waals surface area contributed by atoms with Crippen LogP contribution in [0.3, 0.4) is 0 Å². The van der Waals surface area contributed by atoms with E-state index < -0.39 is 0 Å². The van der Waals surface area contributed by atoms with E-state index in [0.717, 1.165) is 31.4 Å². The van der Waals surface area contributed by atoms with Gasteiger partial charge in [-0.25, -0.2) is 0 Å². The Kier molecular flexibility index (Phi) is 6.18. The molecule has 0 bridgehead atoms. The highest BCUT2D eigenvalue weighted by molar-refractivity contribution is 5.78. The highest BCUT2D eigenvalue weighted by atomic mass is 14.4. The van der Waals surface area contributed by atoms with Crippen LogP contribution in [0.25, 0.3) is 0 Å². The Balaban J connectivity index is 3.91. The van der Waals surface area contributed by atoms with Crippen LogP contribution in [0.4, 0.5) is 0 Å². The fourth-order valence-electron chi connectivity index (χ4n) is 1.56. The van der Waals surface area contributed by atoms with E-state index in [9.17, 15) is 0 Å². The van der Waals surface area contributed by atoms with Gasteiger partial charge in [0.05, 0.1) is 0 Å². The number of rotatable bonds is 7. The average Bonchev–Trinajstić information content (AvgIpc) is 2.00. The molecule has 0 aliphatic heterocycles. The van der Waals surface area contributed by atoms with Gasteiger partial charge >= 0.3 is 0 Å². The molecule has 80 valence electrons. The van der Waals surface area contributed by atoms with Gasteiger partial charge in [-0.05, 0) is 52.4 Å². The van der Waals surface area contributed by atoms with Crippen LogP contribution in [0.2, 0.25) is 0 Å². The molecule has 0 aromatic carbocycles. The second kappa shape index (κ2) is 6.58. The Bertz CT molecular complexity index is 225. The summed E-state index contributed by atoms with van der Waals surface area (Å²) in [4.78, 5) is 0. The first-order chi connectivity index (χ1) is 6.43. The highest BCUT2D eigenvalue weighted by Gasteiger charge is 2.09. The molecule has 0 amide bonds. The lowest BCUT2D eigenvalue weighted by atomic mass is 9.89. The van der Waals surface area contributed by atoms with E-state index in [0.29, 0.717) is 5.92 Å². The van der Waals surface area contributed by atoms with Crippen molar-refractivity contribution < 1.29 is 0 Å². The van der Waals surface area contributed by atoms with Gasteiger partial charge in [0.2, 0.25) is 0 Å². The highest BCUT2D eigenvalue weighted by Crippen LogP contribution is 2.23. The fraction of sp³-hybridized carbons (Fsp3) is 0.615. The number of allylic oxidation sites excluding steroid dienone is 2. The molecule has 0 heterocycles. The molecule has 0 spiro atoms. The molecule has 1 nitrogen and oxygen atoms in total. The summed E-state index contributed by atoms with van der Waals surface area (Å²) in [5.41, 5.74) is 3.25. The van der Waals surface area contributed by atoms with E-state index in [4.69, 9.17) is 5.41 Å². The van der Waals surface area contributed by atoms with E-state index in [-0.39, 0.29) is 0 Å². The van der Waals surface area contributed by atoms with Gasteiger partial charge in [0.15, 0.2) is 0 Å². The van der Waals surface area contributed by atoms with Crippen LogP contribution in [0.15, 0.2) is 24.3 Å². The smallest absolute Gasteiger partial charge is 0.00582 e. The van der Waals surface area contributed by atoms with E-state index in [2.05, 4.69) is 27.0 Å². The predicted molar refractivity (Wildman–Crippen MR) is 65.0 cm³/mol. The third-order valence-electron chi connectivity index (χ3n) is 2.40. The topological polar surface area (TPSA) is 23.9 Å². The van der Waals surface area contributed by atoms with Crippen LogP contribution in [-0.2, 0) is 0 Å². The zero-order valence-electron chi connectivity index (χ0n) is 9.82. The molecule has 0 saturated carbocycles. The van der Waals surface area contributed by atoms with E-state index in [1.165, 1.54) is 11.1 Å². The first kappa shape index (κ1) is 13.2. The van der Waals surface area contributed by atoms with Gasteiger partial charge in [0.1, 0.15) is 0 Å². The van der Waals surface area contributed by atoms with Crippen LogP contribution in [0.5, 0.6) is 0 Å². The van der Waals surface area contributed by atoms with Crippen LogP contribution in [0, 0.1) is 11.3 Å². The monoisotopic (exact) mass is 193 g/mol. The summed E-state index contributed by atoms with van der Waals surface area (Å²) in [6, 6.07) is 0. The van der Waals surface area contributed by atoms with Crippen molar-refractivity contribution in [3.8, 4) is 0 Å². The molecule has 0 aliphatic rings. The van der Waals surface area contributed by atoms with Crippen LogP contribution in [0.1, 0.15) is 46.5 Å². The van der Waals surface area contributed by atoms with Gasteiger partial charge in [0, 0.05) is 5.71 Å². The average molecular weight is 193 g/mol. The molecule has 0 rings (SSSR count). The van der Waals surface area contributed by atoms with Crippen LogP contribution in [-0.4, -0.2) is 5.71 Å². The summed E-state index contributed by atoms with van der Waals surface area (Å²) in [5.74, 6) is 0.562. The van der Waals surface area contributed by atoms with E-state index >= 15 is 0 Å². The van der Waals surface area contributed by atoms with Gasteiger partial charge in [-0.1, -0.05) is 17.7 Å². The molecule has 0 fully saturated rings. The molecule has 1 heteroatoms. The Morgan fingerprint density at radius 3 is 2.14 bits per heavy atom. The summed E-state index contributed by atoms with van der Waals surface area (Å²) < 4.78 is 0. The molecule has 0 radical (unpaired) electrons. The Labute approximate surface area is 88.4 Å². The van der Waals surface area contributed by atoms with Gasteiger partial charge < -0.3 is 5.41 Å². The molecule has 14 heavy (non-hydrogen) atoms. The quantitative estimate of drug-likeness (QED) is 0.459. The number of hydrogen-bond acceptors (Lipinski definition) is 1. The molecule has 0 aromatic heterocycles. The minimum atomic E-state index is 0.562. The summed E-state index contributed by atoms with van der Waals surface area (Å²) >= 11 is 0. The minimum Gasteiger partial charge on any atom is -0.310 e. The molecular formula is C13H23N. The maximum Gasteiger partial charge on any atom is 0.00582 e. The second-order valence-corrected chi connectivity index (χ2v) is 4.38. The van der Waals surface area contributed by atoms with Gasteiger partial charge in [-0.3, -0.25) is 0 Å². The minimum absolute atomic E-state index is 0.562. The van der Waals surface area contributed by atoms with Crippen LogP contribution >= 0.6 is 0 Å². The summed E-state index contributed by atoms with van der Waals surface area (Å²) in [5, 5.41) is 7.35. The molecule has 0 saturated heterocycles. The van der Waals surface area contributed by atoms with Crippen LogP contribution < -0.4 is 0 Å². The van der Waals surface area contributed by atoms with Crippen molar-refractivity contribution in [1.29, 1.82) is 5.41 Å². The Morgan fingerprint density at radius 1 is 1.21 bits per heavy atom. The van der Waals surface area contributed by atoms with Crippen molar-refractivity contribution in [2.45, 2.75) is 46.5 Å². The molecule has 1 N–H and O–H groups in total. The van der Waals surface area contributed by atoms with E-state index in [1.54, 1.807) is 0 Å². The maximum absolute atomic E-state index is 7.35. The zero-order chi connectivity index (χ0) is 11.1. The van der Waals surface area contributed by atoms with Crippen molar-refractivity contribution in [2.75, 3.05) is 0 Å². The lowest BCUT2D eigenvalue weighted by Crippen LogP contribution is -2.03. The van der Waals surface area contributed by atoms with E-state index in [1.807, 2.05) is 6.92 Å². The molecule has 1 atom stereocenters. The third kappa shape index (κ3) is 6.64. The Morgan fingerprint density at radius 2 is 1.79 bits per heavy atom. The van der Waals surface area contributed by atoms with Gasteiger partial charge in [-0.15, -0.1) is 6.58 Å². The van der Waals surface area contributed by atoms with Crippen molar-refractivity contribution >= 4 is 5.71 Å². The summed E-state index contributed by atoms with van der Waals surface area (Å²) in [6.45, 7) is 14.0. The Hall–Kier alpha value is -0.850. The van der Waals surface area contributed by atoms with Crippen molar-refractivity contribution in [1.82, 2.24) is 0 Å². The second-order valence-electron chi connectivity index (χ2n) is 4.38. The SMILES string of the molecule is C=C(C)CC(CCCC(C)=N)C(=C)C. The summed E-state index contributed by atoms with van der Waals surface area (Å²) in [7, 11) is 0. The van der Waals surface area contributed by atoms with Crippen molar-refractivity contribution in [3.63, 3.8) is 0 Å². The first-order valence-corrected chi connectivity index (χ1v) is 5.27. The summed E-state index contributed by atoms with van der Waals surface area (Å²) in [6.07, 6.45) is 4.20. The molecular weight excluding hydrogens is 170 g/mol. The molecule has 1 unspecified atom stereocenters. The third-order valence-corrected chi connectivity index (χ3v) is 2.40. The van der Waals surface area contributed by atoms with Gasteiger partial charge in [-0.2, -0.15) is 0 Å². The predicted octanol–water partition coefficient (Wildman–Crippen LogP) is 4.35. The number of hydrogen-bond donors (Lipinski definition) is 1. The fourth-order valence-corrected chi connectivity index (χ4v) is 1.56. The number of nitrogens with one attached hydrogen (secondary N) is 1. The standard InChI is InChI=1S/C13H23N/c1-10(2)9-13(11(3)4)8-6-7-12(5)14/h13-14H,1,3,6-9H2,2,4-5H3. The lowest BCUT2D eigenvalue weighted by molar-refractivity contribution is 0.538. The molecule has 0 aliphatic carbocycles. The first-order valence-electron chi connectivity index (χ1n) is 5.27. The largest absolute Gasteiger partial charge is 0.310 e. The molecule has 0 aromatic rings. The maximum atomic E-state index is 7.35. The van der Waals surface area contributed by atoms with Crippen molar-refractivity contribution in [2.24, 2.45) is 5.92 Å². The van der Waals surface area contributed by atoms with Crippen molar-refractivity contribution in [3.05, 3.63) is 24.3 Å². The lowest BCUT2D eigenvalue weighted by Gasteiger charge is -2.16. The van der Waals surface area contributed by atoms with Gasteiger partial charge in [0.25, 0.3) is 0 Å². The normalized spacial score (nSPS) is 12.2.